The average Bonchev–Trinajstić information content (AvgIpc) is 2.83. The Bertz CT molecular complexity index is 691. The van der Waals surface area contributed by atoms with Gasteiger partial charge in [0.15, 0.2) is 0 Å². The topological polar surface area (TPSA) is 25.2 Å². The zero-order valence-electron chi connectivity index (χ0n) is 13.3. The van der Waals surface area contributed by atoms with Gasteiger partial charge in [-0.05, 0) is 43.2 Å². The van der Waals surface area contributed by atoms with Crippen molar-refractivity contribution in [3.63, 3.8) is 0 Å². The Morgan fingerprint density at radius 3 is 2.50 bits per heavy atom. The SMILES string of the molecule is Cn1cc(C2CCN(C(=O)C3CCC3)CC2)c2ccccc21. The van der Waals surface area contributed by atoms with E-state index in [-0.39, 0.29) is 0 Å². The second-order valence-electron chi connectivity index (χ2n) is 6.94. The van der Waals surface area contributed by atoms with Crippen LogP contribution in [-0.2, 0) is 11.8 Å². The molecule has 0 radical (unpaired) electrons. The Balaban J connectivity index is 1.49. The molecule has 1 aliphatic carbocycles. The van der Waals surface area contributed by atoms with Gasteiger partial charge in [0.2, 0.25) is 5.91 Å². The molecule has 3 nitrogen and oxygen atoms in total. The van der Waals surface area contributed by atoms with Crippen molar-refractivity contribution in [1.29, 1.82) is 0 Å². The fraction of sp³-hybridized carbons (Fsp3) is 0.526. The molecule has 1 aliphatic heterocycles. The first kappa shape index (κ1) is 13.9. The van der Waals surface area contributed by atoms with Gasteiger partial charge in [-0.2, -0.15) is 0 Å². The lowest BCUT2D eigenvalue weighted by molar-refractivity contribution is -0.139. The molecule has 2 heterocycles. The highest BCUT2D eigenvalue weighted by atomic mass is 16.2. The molecule has 1 saturated carbocycles. The van der Waals surface area contributed by atoms with Gasteiger partial charge in [-0.1, -0.05) is 24.6 Å². The van der Waals surface area contributed by atoms with Crippen molar-refractivity contribution in [2.45, 2.75) is 38.0 Å². The Hall–Kier alpha value is -1.77. The number of piperidine rings is 1. The van der Waals surface area contributed by atoms with Crippen molar-refractivity contribution in [3.8, 4) is 0 Å². The molecule has 0 bridgehead atoms. The fourth-order valence-electron chi connectivity index (χ4n) is 4.02. The first-order valence-corrected chi connectivity index (χ1v) is 8.57. The molecule has 3 heteroatoms. The van der Waals surface area contributed by atoms with Crippen LogP contribution in [0, 0.1) is 5.92 Å². The standard InChI is InChI=1S/C19H24N2O/c1-20-13-17(16-7-2-3-8-18(16)20)14-9-11-21(12-10-14)19(22)15-5-4-6-15/h2-3,7-8,13-15H,4-6,9-12H2,1H3. The summed E-state index contributed by atoms with van der Waals surface area (Å²) in [7, 11) is 2.13. The third-order valence-corrected chi connectivity index (χ3v) is 5.63. The van der Waals surface area contributed by atoms with Crippen LogP contribution in [0.5, 0.6) is 0 Å². The van der Waals surface area contributed by atoms with Crippen LogP contribution in [0.1, 0.15) is 43.6 Å². The summed E-state index contributed by atoms with van der Waals surface area (Å²) >= 11 is 0. The smallest absolute Gasteiger partial charge is 0.225 e. The summed E-state index contributed by atoms with van der Waals surface area (Å²) in [6.07, 6.45) is 7.96. The molecule has 2 aromatic rings. The summed E-state index contributed by atoms with van der Waals surface area (Å²) in [5.41, 5.74) is 2.78. The second-order valence-corrected chi connectivity index (χ2v) is 6.94. The molecule has 1 aromatic carbocycles. The third-order valence-electron chi connectivity index (χ3n) is 5.63. The quantitative estimate of drug-likeness (QED) is 0.830. The molecule has 4 rings (SSSR count). The number of carbonyl (C=O) groups excluding carboxylic acids is 1. The number of hydrogen-bond acceptors (Lipinski definition) is 1. The Morgan fingerprint density at radius 1 is 1.09 bits per heavy atom. The van der Waals surface area contributed by atoms with Crippen molar-refractivity contribution in [1.82, 2.24) is 9.47 Å². The minimum atomic E-state index is 0.342. The molecule has 1 saturated heterocycles. The lowest BCUT2D eigenvalue weighted by Crippen LogP contribution is -2.43. The lowest BCUT2D eigenvalue weighted by atomic mass is 9.83. The van der Waals surface area contributed by atoms with E-state index in [0.717, 1.165) is 38.8 Å². The molecular weight excluding hydrogens is 272 g/mol. The van der Waals surface area contributed by atoms with Gasteiger partial charge in [0.25, 0.3) is 0 Å². The number of nitrogens with zero attached hydrogens (tertiary/aromatic N) is 2. The molecular formula is C19H24N2O. The Labute approximate surface area is 131 Å². The van der Waals surface area contributed by atoms with E-state index in [4.69, 9.17) is 0 Å². The summed E-state index contributed by atoms with van der Waals surface area (Å²) in [5, 5.41) is 1.38. The molecule has 2 aliphatic rings. The predicted octanol–water partition coefficient (Wildman–Crippen LogP) is 3.68. The number of rotatable bonds is 2. The summed E-state index contributed by atoms with van der Waals surface area (Å²) in [5.74, 6) is 1.35. The highest BCUT2D eigenvalue weighted by molar-refractivity contribution is 5.84. The van der Waals surface area contributed by atoms with Gasteiger partial charge in [-0.3, -0.25) is 4.79 Å². The summed E-state index contributed by atoms with van der Waals surface area (Å²) < 4.78 is 2.23. The van der Waals surface area contributed by atoms with Gasteiger partial charge in [-0.15, -0.1) is 0 Å². The molecule has 2 fully saturated rings. The van der Waals surface area contributed by atoms with E-state index in [2.05, 4.69) is 47.0 Å². The maximum Gasteiger partial charge on any atom is 0.225 e. The Morgan fingerprint density at radius 2 is 1.82 bits per heavy atom. The first-order valence-electron chi connectivity index (χ1n) is 8.57. The van der Waals surface area contributed by atoms with Crippen molar-refractivity contribution in [2.24, 2.45) is 13.0 Å². The molecule has 22 heavy (non-hydrogen) atoms. The summed E-state index contributed by atoms with van der Waals surface area (Å²) in [6.45, 7) is 1.87. The summed E-state index contributed by atoms with van der Waals surface area (Å²) in [6, 6.07) is 8.65. The molecule has 0 unspecified atom stereocenters. The number of benzene rings is 1. The minimum Gasteiger partial charge on any atom is -0.350 e. The Kier molecular flexibility index (Phi) is 3.44. The molecule has 0 atom stereocenters. The van der Waals surface area contributed by atoms with Gasteiger partial charge in [0, 0.05) is 43.2 Å². The maximum absolute atomic E-state index is 12.4. The van der Waals surface area contributed by atoms with E-state index in [9.17, 15) is 4.79 Å². The van der Waals surface area contributed by atoms with Crippen molar-refractivity contribution < 1.29 is 4.79 Å². The van der Waals surface area contributed by atoms with Crippen LogP contribution in [0.3, 0.4) is 0 Å². The van der Waals surface area contributed by atoms with E-state index < -0.39 is 0 Å². The van der Waals surface area contributed by atoms with E-state index in [1.54, 1.807) is 0 Å². The van der Waals surface area contributed by atoms with Gasteiger partial charge in [0.05, 0.1) is 0 Å². The number of likely N-dealkylation sites (tertiary alicyclic amines) is 1. The van der Waals surface area contributed by atoms with Crippen molar-refractivity contribution in [3.05, 3.63) is 36.0 Å². The average molecular weight is 296 g/mol. The van der Waals surface area contributed by atoms with Gasteiger partial charge < -0.3 is 9.47 Å². The third kappa shape index (κ3) is 2.23. The van der Waals surface area contributed by atoms with Crippen LogP contribution < -0.4 is 0 Å². The normalized spacial score (nSPS) is 20.3. The number of amides is 1. The van der Waals surface area contributed by atoms with E-state index in [1.807, 2.05) is 0 Å². The minimum absolute atomic E-state index is 0.342. The maximum atomic E-state index is 12.4. The van der Waals surface area contributed by atoms with E-state index in [1.165, 1.54) is 22.9 Å². The zero-order chi connectivity index (χ0) is 15.1. The fourth-order valence-corrected chi connectivity index (χ4v) is 4.02. The van der Waals surface area contributed by atoms with E-state index >= 15 is 0 Å². The predicted molar refractivity (Wildman–Crippen MR) is 88.8 cm³/mol. The number of para-hydroxylation sites is 1. The van der Waals surface area contributed by atoms with Crippen molar-refractivity contribution in [2.75, 3.05) is 13.1 Å². The number of fused-ring (bicyclic) bond motifs is 1. The zero-order valence-corrected chi connectivity index (χ0v) is 13.3. The van der Waals surface area contributed by atoms with Crippen LogP contribution in [0.2, 0.25) is 0 Å². The monoisotopic (exact) mass is 296 g/mol. The molecule has 1 amide bonds. The number of aryl methyl sites for hydroxylation is 1. The number of hydrogen-bond donors (Lipinski definition) is 0. The van der Waals surface area contributed by atoms with Crippen LogP contribution in [0.4, 0.5) is 0 Å². The van der Waals surface area contributed by atoms with Crippen LogP contribution in [-0.4, -0.2) is 28.5 Å². The van der Waals surface area contributed by atoms with Crippen LogP contribution in [0.15, 0.2) is 30.5 Å². The molecule has 0 N–H and O–H groups in total. The summed E-state index contributed by atoms with van der Waals surface area (Å²) in [4.78, 5) is 14.5. The highest BCUT2D eigenvalue weighted by Gasteiger charge is 2.32. The van der Waals surface area contributed by atoms with Gasteiger partial charge in [0.1, 0.15) is 0 Å². The highest BCUT2D eigenvalue weighted by Crippen LogP contribution is 2.35. The van der Waals surface area contributed by atoms with Crippen molar-refractivity contribution >= 4 is 16.8 Å². The first-order chi connectivity index (χ1) is 10.7. The molecule has 0 spiro atoms. The van der Waals surface area contributed by atoms with E-state index in [0.29, 0.717) is 17.7 Å². The van der Waals surface area contributed by atoms with Crippen LogP contribution >= 0.6 is 0 Å². The number of carbonyl (C=O) groups is 1. The van der Waals surface area contributed by atoms with Gasteiger partial charge in [-0.25, -0.2) is 0 Å². The number of aromatic nitrogens is 1. The second kappa shape index (κ2) is 5.45. The lowest BCUT2D eigenvalue weighted by Gasteiger charge is -2.36. The van der Waals surface area contributed by atoms with Crippen LogP contribution in [0.25, 0.3) is 10.9 Å². The molecule has 116 valence electrons. The van der Waals surface area contributed by atoms with Gasteiger partial charge >= 0.3 is 0 Å². The molecule has 1 aromatic heterocycles. The largest absolute Gasteiger partial charge is 0.350 e.